The van der Waals surface area contributed by atoms with Gasteiger partial charge in [-0.3, -0.25) is 4.68 Å². The molecule has 112 valence electrons. The van der Waals surface area contributed by atoms with Crippen LogP contribution in [0.25, 0.3) is 0 Å². The van der Waals surface area contributed by atoms with Gasteiger partial charge in [-0.1, -0.05) is 13.3 Å². The van der Waals surface area contributed by atoms with E-state index in [9.17, 15) is 0 Å². The minimum atomic E-state index is 0.419. The minimum absolute atomic E-state index is 0.419. The summed E-state index contributed by atoms with van der Waals surface area (Å²) in [5.74, 6) is 3.63. The molecule has 4 nitrogen and oxygen atoms in total. The molecule has 1 N–H and O–H groups in total. The lowest BCUT2D eigenvalue weighted by Gasteiger charge is -2.22. The molecule has 0 aliphatic heterocycles. The van der Waals surface area contributed by atoms with Crippen molar-refractivity contribution >= 4 is 0 Å². The Bertz CT molecular complexity index is 425. The van der Waals surface area contributed by atoms with Crippen molar-refractivity contribution in [3.63, 3.8) is 0 Å². The Morgan fingerprint density at radius 2 is 2.15 bits per heavy atom. The molecule has 1 heterocycles. The van der Waals surface area contributed by atoms with Gasteiger partial charge in [0.25, 0.3) is 0 Å². The number of fused-ring (bicyclic) bond motifs is 1. The third-order valence-corrected chi connectivity index (χ3v) is 5.13. The maximum Gasteiger partial charge on any atom is 0.161 e. The van der Waals surface area contributed by atoms with E-state index in [0.717, 1.165) is 36.6 Å². The Morgan fingerprint density at radius 1 is 1.40 bits per heavy atom. The Labute approximate surface area is 121 Å². The molecule has 20 heavy (non-hydrogen) atoms. The fourth-order valence-electron chi connectivity index (χ4n) is 4.19. The molecule has 0 spiro atoms. The topological polar surface area (TPSA) is 39.1 Å². The Morgan fingerprint density at radius 3 is 2.75 bits per heavy atom. The fraction of sp³-hybridized carbons (Fsp3) is 0.812. The van der Waals surface area contributed by atoms with Crippen LogP contribution in [0.15, 0.2) is 6.20 Å². The molecule has 4 heteroatoms. The molecule has 2 saturated carbocycles. The standard InChI is InChI=1S/C16H27N3O/c1-4-9-17-15(14-11-7-6-8-12(11)14)16-13(20-3)10-18-19(16)5-2/h10-12,14-15,17H,4-9H2,1-3H3. The number of hydrogen-bond acceptors (Lipinski definition) is 3. The van der Waals surface area contributed by atoms with Crippen molar-refractivity contribution in [3.05, 3.63) is 11.9 Å². The van der Waals surface area contributed by atoms with Crippen molar-refractivity contribution < 1.29 is 4.74 Å². The van der Waals surface area contributed by atoms with E-state index in [-0.39, 0.29) is 0 Å². The highest BCUT2D eigenvalue weighted by atomic mass is 16.5. The molecule has 0 amide bonds. The lowest BCUT2D eigenvalue weighted by molar-refractivity contribution is 0.359. The van der Waals surface area contributed by atoms with E-state index in [1.165, 1.54) is 31.4 Å². The van der Waals surface area contributed by atoms with E-state index in [0.29, 0.717) is 6.04 Å². The van der Waals surface area contributed by atoms with Gasteiger partial charge >= 0.3 is 0 Å². The van der Waals surface area contributed by atoms with E-state index in [1.54, 1.807) is 7.11 Å². The second-order valence-electron chi connectivity index (χ2n) is 6.18. The summed E-state index contributed by atoms with van der Waals surface area (Å²) in [5, 5.41) is 8.26. The maximum absolute atomic E-state index is 5.57. The number of methoxy groups -OCH3 is 1. The highest BCUT2D eigenvalue weighted by Crippen LogP contribution is 2.62. The van der Waals surface area contributed by atoms with Crippen LogP contribution < -0.4 is 10.1 Å². The molecular weight excluding hydrogens is 250 g/mol. The number of aromatic nitrogens is 2. The van der Waals surface area contributed by atoms with E-state index < -0.39 is 0 Å². The normalized spacial score (nSPS) is 29.2. The average molecular weight is 277 g/mol. The predicted octanol–water partition coefficient (Wildman–Crippen LogP) is 3.00. The first-order chi connectivity index (χ1) is 9.81. The highest BCUT2D eigenvalue weighted by Gasteiger charge is 2.57. The van der Waals surface area contributed by atoms with Crippen LogP contribution in [0.2, 0.25) is 0 Å². The summed E-state index contributed by atoms with van der Waals surface area (Å²) in [6.07, 6.45) is 7.31. The molecule has 3 rings (SSSR count). The fourth-order valence-corrected chi connectivity index (χ4v) is 4.19. The third-order valence-electron chi connectivity index (χ3n) is 5.13. The van der Waals surface area contributed by atoms with E-state index in [2.05, 4.69) is 28.9 Å². The van der Waals surface area contributed by atoms with Crippen LogP contribution in [-0.4, -0.2) is 23.4 Å². The van der Waals surface area contributed by atoms with Crippen LogP contribution in [0.1, 0.15) is 51.3 Å². The van der Waals surface area contributed by atoms with Crippen LogP contribution in [0, 0.1) is 17.8 Å². The van der Waals surface area contributed by atoms with E-state index in [4.69, 9.17) is 4.74 Å². The van der Waals surface area contributed by atoms with Crippen LogP contribution >= 0.6 is 0 Å². The number of nitrogens with zero attached hydrogens (tertiary/aromatic N) is 2. The minimum Gasteiger partial charge on any atom is -0.493 e. The second-order valence-corrected chi connectivity index (χ2v) is 6.18. The van der Waals surface area contributed by atoms with Gasteiger partial charge in [0.2, 0.25) is 0 Å². The first kappa shape index (κ1) is 13.9. The molecule has 1 aromatic heterocycles. The molecule has 0 saturated heterocycles. The van der Waals surface area contributed by atoms with Gasteiger partial charge < -0.3 is 10.1 Å². The van der Waals surface area contributed by atoms with Crippen molar-refractivity contribution in [1.82, 2.24) is 15.1 Å². The van der Waals surface area contributed by atoms with Crippen molar-refractivity contribution in [2.75, 3.05) is 13.7 Å². The van der Waals surface area contributed by atoms with E-state index in [1.807, 2.05) is 6.20 Å². The Kier molecular flexibility index (Phi) is 4.01. The van der Waals surface area contributed by atoms with Crippen molar-refractivity contribution in [2.24, 2.45) is 17.8 Å². The zero-order chi connectivity index (χ0) is 14.1. The van der Waals surface area contributed by atoms with Crippen molar-refractivity contribution in [2.45, 2.75) is 52.1 Å². The highest BCUT2D eigenvalue weighted by molar-refractivity contribution is 5.31. The van der Waals surface area contributed by atoms with Gasteiger partial charge in [-0.05, 0) is 50.5 Å². The van der Waals surface area contributed by atoms with Crippen LogP contribution in [0.5, 0.6) is 5.75 Å². The number of aryl methyl sites for hydroxylation is 1. The molecular formula is C16H27N3O. The number of rotatable bonds is 7. The predicted molar refractivity (Wildman–Crippen MR) is 79.8 cm³/mol. The lowest BCUT2D eigenvalue weighted by atomic mass is 10.0. The Hall–Kier alpha value is -1.03. The molecule has 2 fully saturated rings. The smallest absolute Gasteiger partial charge is 0.161 e. The summed E-state index contributed by atoms with van der Waals surface area (Å²) in [6, 6.07) is 0.419. The van der Waals surface area contributed by atoms with Gasteiger partial charge in [-0.2, -0.15) is 5.10 Å². The Balaban J connectivity index is 1.86. The molecule has 0 radical (unpaired) electrons. The van der Waals surface area contributed by atoms with Gasteiger partial charge in [0.1, 0.15) is 0 Å². The lowest BCUT2D eigenvalue weighted by Crippen LogP contribution is -2.28. The monoisotopic (exact) mass is 277 g/mol. The molecule has 3 atom stereocenters. The molecule has 3 unspecified atom stereocenters. The average Bonchev–Trinajstić information content (AvgIpc) is 2.85. The first-order valence-electron chi connectivity index (χ1n) is 8.14. The van der Waals surface area contributed by atoms with Gasteiger partial charge in [0.05, 0.1) is 25.0 Å². The van der Waals surface area contributed by atoms with Gasteiger partial charge in [-0.25, -0.2) is 0 Å². The maximum atomic E-state index is 5.57. The summed E-state index contributed by atoms with van der Waals surface area (Å²) in [6.45, 7) is 6.36. The van der Waals surface area contributed by atoms with E-state index >= 15 is 0 Å². The molecule has 2 aliphatic carbocycles. The zero-order valence-electron chi connectivity index (χ0n) is 12.9. The van der Waals surface area contributed by atoms with Crippen LogP contribution in [0.3, 0.4) is 0 Å². The summed E-state index contributed by atoms with van der Waals surface area (Å²) < 4.78 is 7.68. The van der Waals surface area contributed by atoms with Gasteiger partial charge in [-0.15, -0.1) is 0 Å². The summed E-state index contributed by atoms with van der Waals surface area (Å²) in [4.78, 5) is 0. The summed E-state index contributed by atoms with van der Waals surface area (Å²) in [7, 11) is 1.76. The van der Waals surface area contributed by atoms with Gasteiger partial charge in [0, 0.05) is 6.54 Å². The quantitative estimate of drug-likeness (QED) is 0.832. The summed E-state index contributed by atoms with van der Waals surface area (Å²) >= 11 is 0. The third kappa shape index (κ3) is 2.24. The van der Waals surface area contributed by atoms with Crippen LogP contribution in [0.4, 0.5) is 0 Å². The van der Waals surface area contributed by atoms with Crippen molar-refractivity contribution in [1.29, 1.82) is 0 Å². The molecule has 0 bridgehead atoms. The first-order valence-corrected chi connectivity index (χ1v) is 8.14. The molecule has 0 aromatic carbocycles. The number of hydrogen-bond donors (Lipinski definition) is 1. The largest absolute Gasteiger partial charge is 0.493 e. The number of nitrogens with one attached hydrogen (secondary N) is 1. The van der Waals surface area contributed by atoms with Crippen molar-refractivity contribution in [3.8, 4) is 5.75 Å². The summed E-state index contributed by atoms with van der Waals surface area (Å²) in [5.41, 5.74) is 1.27. The van der Waals surface area contributed by atoms with Crippen LogP contribution in [-0.2, 0) is 6.54 Å². The second kappa shape index (κ2) is 5.76. The zero-order valence-corrected chi connectivity index (χ0v) is 12.9. The molecule has 1 aromatic rings. The molecule has 2 aliphatic rings. The number of ether oxygens (including phenoxy) is 1. The SMILES string of the molecule is CCCNC(c1c(OC)cnn1CC)C1C2CCCC21. The van der Waals surface area contributed by atoms with Gasteiger partial charge in [0.15, 0.2) is 5.75 Å².